The summed E-state index contributed by atoms with van der Waals surface area (Å²) in [5.41, 5.74) is 0. The van der Waals surface area contributed by atoms with Crippen molar-refractivity contribution in [3.8, 4) is 0 Å². The van der Waals surface area contributed by atoms with E-state index in [4.69, 9.17) is 4.74 Å². The van der Waals surface area contributed by atoms with Crippen LogP contribution >= 0.6 is 0 Å². The van der Waals surface area contributed by atoms with Crippen LogP contribution in [0.4, 0.5) is 0 Å². The highest BCUT2D eigenvalue weighted by molar-refractivity contribution is 5.76. The van der Waals surface area contributed by atoms with Crippen molar-refractivity contribution >= 4 is 11.9 Å². The first-order valence-electron chi connectivity index (χ1n) is 34.8. The third kappa shape index (κ3) is 61.9. The zero-order chi connectivity index (χ0) is 54.3. The highest BCUT2D eigenvalue weighted by Crippen LogP contribution is 2.19. The number of aliphatic hydroxyl groups excluding tert-OH is 2. The number of unbranched alkanes of at least 4 members (excludes halogenated alkanes) is 55. The minimum absolute atomic E-state index is 0.0261. The maximum absolute atomic E-state index is 12.4. The van der Waals surface area contributed by atoms with Crippen LogP contribution in [0.2, 0.25) is 0 Å². The van der Waals surface area contributed by atoms with Crippen molar-refractivity contribution in [3.05, 3.63) is 0 Å². The normalized spacial score (nSPS) is 12.4. The molecule has 0 aromatic heterocycles. The topological polar surface area (TPSA) is 95.9 Å². The van der Waals surface area contributed by atoms with E-state index in [0.29, 0.717) is 25.9 Å². The van der Waals surface area contributed by atoms with Gasteiger partial charge in [-0.3, -0.25) is 9.59 Å². The summed E-state index contributed by atoms with van der Waals surface area (Å²) < 4.78 is 5.51. The molecule has 0 aromatic carbocycles. The number of rotatable bonds is 66. The van der Waals surface area contributed by atoms with E-state index in [1.807, 2.05) is 0 Å². The Morgan fingerprint density at radius 2 is 0.547 bits per heavy atom. The third-order valence-electron chi connectivity index (χ3n) is 16.7. The summed E-state index contributed by atoms with van der Waals surface area (Å²) in [7, 11) is 0. The summed E-state index contributed by atoms with van der Waals surface area (Å²) in [5.74, 6) is -0.00403. The molecule has 0 spiro atoms. The van der Waals surface area contributed by atoms with Crippen LogP contribution < -0.4 is 5.32 Å². The third-order valence-corrected chi connectivity index (χ3v) is 16.7. The van der Waals surface area contributed by atoms with Gasteiger partial charge in [-0.1, -0.05) is 367 Å². The van der Waals surface area contributed by atoms with E-state index in [9.17, 15) is 19.8 Å². The number of hydrogen-bond acceptors (Lipinski definition) is 5. The fourth-order valence-corrected chi connectivity index (χ4v) is 11.4. The van der Waals surface area contributed by atoms with Crippen LogP contribution in [0.25, 0.3) is 0 Å². The molecule has 0 fully saturated rings. The lowest BCUT2D eigenvalue weighted by molar-refractivity contribution is -0.143. The summed E-state index contributed by atoms with van der Waals surface area (Å²) in [4.78, 5) is 24.5. The summed E-state index contributed by atoms with van der Waals surface area (Å²) in [6.45, 7) is 4.98. The van der Waals surface area contributed by atoms with Gasteiger partial charge in [0.15, 0.2) is 0 Å². The molecule has 0 aromatic rings. The molecule has 2 atom stereocenters. The number of ether oxygens (including phenoxy) is 1. The number of nitrogens with one attached hydrogen (secondary N) is 1. The lowest BCUT2D eigenvalue weighted by Crippen LogP contribution is -2.45. The molecule has 0 bridgehead atoms. The van der Waals surface area contributed by atoms with Gasteiger partial charge in [0.1, 0.15) is 0 Å². The van der Waals surface area contributed by atoms with Crippen LogP contribution in [0.15, 0.2) is 0 Å². The van der Waals surface area contributed by atoms with Gasteiger partial charge in [0, 0.05) is 12.8 Å². The Morgan fingerprint density at radius 3 is 0.813 bits per heavy atom. The van der Waals surface area contributed by atoms with Gasteiger partial charge in [-0.05, 0) is 25.7 Å². The smallest absolute Gasteiger partial charge is 0.305 e. The number of carbonyl (C=O) groups excluding carboxylic acids is 2. The van der Waals surface area contributed by atoms with Crippen LogP contribution in [0.1, 0.15) is 406 Å². The van der Waals surface area contributed by atoms with Gasteiger partial charge in [0.05, 0.1) is 25.4 Å². The standard InChI is InChI=1S/C69H137NO5/c1-3-5-7-9-11-13-14-15-16-37-40-43-47-51-55-59-63-69(74)75-64-60-56-52-48-44-41-38-35-33-31-29-27-25-23-21-19-17-18-20-22-24-26-28-30-32-34-36-39-42-46-50-54-58-62-68(73)70-66(65-71)67(72)61-57-53-49-45-12-10-8-6-4-2/h66-67,71-72H,3-65H2,1-2H3,(H,70,73). The van der Waals surface area contributed by atoms with Crippen molar-refractivity contribution in [1.82, 2.24) is 5.32 Å². The van der Waals surface area contributed by atoms with Crippen LogP contribution in [0.3, 0.4) is 0 Å². The molecule has 0 saturated carbocycles. The number of esters is 1. The molecule has 6 heteroatoms. The molecule has 448 valence electrons. The number of amides is 1. The molecule has 0 rings (SSSR count). The molecule has 2 unspecified atom stereocenters. The molecule has 0 heterocycles. The molecule has 6 nitrogen and oxygen atoms in total. The van der Waals surface area contributed by atoms with Gasteiger partial charge in [0.25, 0.3) is 0 Å². The summed E-state index contributed by atoms with van der Waals surface area (Å²) in [5, 5.41) is 23.1. The second-order valence-electron chi connectivity index (χ2n) is 24.2. The number of hydrogen-bond donors (Lipinski definition) is 3. The SMILES string of the molecule is CCCCCCCCCCCCCCCCCCC(=O)OCCCCCCCCCCCCCCCCCCCCCCCCCCCCCCCCCCCC(=O)NC(CO)C(O)CCCCCCCCCCC. The minimum atomic E-state index is -0.657. The molecule has 0 radical (unpaired) electrons. The predicted octanol–water partition coefficient (Wildman–Crippen LogP) is 22.2. The lowest BCUT2D eigenvalue weighted by Gasteiger charge is -2.22. The Balaban J connectivity index is 3.26. The lowest BCUT2D eigenvalue weighted by atomic mass is 10.0. The van der Waals surface area contributed by atoms with Gasteiger partial charge >= 0.3 is 5.97 Å². The van der Waals surface area contributed by atoms with Crippen molar-refractivity contribution < 1.29 is 24.5 Å². The van der Waals surface area contributed by atoms with E-state index >= 15 is 0 Å². The van der Waals surface area contributed by atoms with Crippen molar-refractivity contribution in [1.29, 1.82) is 0 Å². The minimum Gasteiger partial charge on any atom is -0.466 e. The average molecular weight is 1060 g/mol. The molecule has 0 aliphatic rings. The maximum Gasteiger partial charge on any atom is 0.305 e. The molecule has 75 heavy (non-hydrogen) atoms. The van der Waals surface area contributed by atoms with Gasteiger partial charge in [0.2, 0.25) is 5.91 Å². The first-order chi connectivity index (χ1) is 37.0. The van der Waals surface area contributed by atoms with Crippen LogP contribution in [0.5, 0.6) is 0 Å². The van der Waals surface area contributed by atoms with Gasteiger partial charge < -0.3 is 20.3 Å². The van der Waals surface area contributed by atoms with Crippen LogP contribution in [-0.2, 0) is 14.3 Å². The zero-order valence-corrected chi connectivity index (χ0v) is 51.3. The van der Waals surface area contributed by atoms with Crippen molar-refractivity contribution in [3.63, 3.8) is 0 Å². The van der Waals surface area contributed by atoms with Crippen LogP contribution in [0, 0.1) is 0 Å². The van der Waals surface area contributed by atoms with Crippen molar-refractivity contribution in [2.24, 2.45) is 0 Å². The fraction of sp³-hybridized carbons (Fsp3) is 0.971. The molecule has 1 amide bonds. The largest absolute Gasteiger partial charge is 0.466 e. The Bertz CT molecular complexity index is 1080. The predicted molar refractivity (Wildman–Crippen MR) is 329 cm³/mol. The van der Waals surface area contributed by atoms with Gasteiger partial charge in [-0.2, -0.15) is 0 Å². The Morgan fingerprint density at radius 1 is 0.320 bits per heavy atom. The maximum atomic E-state index is 12.4. The molecular formula is C69H137NO5. The van der Waals surface area contributed by atoms with E-state index in [1.165, 1.54) is 334 Å². The highest BCUT2D eigenvalue weighted by atomic mass is 16.5. The van der Waals surface area contributed by atoms with Crippen LogP contribution in [-0.4, -0.2) is 47.4 Å². The monoisotopic (exact) mass is 1060 g/mol. The Labute approximate surface area is 470 Å². The van der Waals surface area contributed by atoms with Crippen molar-refractivity contribution in [2.45, 2.75) is 418 Å². The molecular weight excluding hydrogens is 923 g/mol. The van der Waals surface area contributed by atoms with Gasteiger partial charge in [-0.25, -0.2) is 0 Å². The second kappa shape index (κ2) is 65.4. The van der Waals surface area contributed by atoms with E-state index < -0.39 is 12.1 Å². The van der Waals surface area contributed by atoms with E-state index in [0.717, 1.165) is 38.5 Å². The highest BCUT2D eigenvalue weighted by Gasteiger charge is 2.20. The summed E-state index contributed by atoms with van der Waals surface area (Å²) in [6.07, 6.45) is 78.9. The molecule has 3 N–H and O–H groups in total. The average Bonchev–Trinajstić information content (AvgIpc) is 3.41. The zero-order valence-electron chi connectivity index (χ0n) is 51.3. The molecule has 0 saturated heterocycles. The quantitative estimate of drug-likeness (QED) is 0.0417. The van der Waals surface area contributed by atoms with Crippen molar-refractivity contribution in [2.75, 3.05) is 13.2 Å². The molecule has 0 aliphatic carbocycles. The summed E-state index contributed by atoms with van der Waals surface area (Å²) >= 11 is 0. The first-order valence-corrected chi connectivity index (χ1v) is 34.8. The molecule has 0 aliphatic heterocycles. The second-order valence-corrected chi connectivity index (χ2v) is 24.2. The fourth-order valence-electron chi connectivity index (χ4n) is 11.4. The summed E-state index contributed by atoms with van der Waals surface area (Å²) in [6, 6.07) is -0.534. The van der Waals surface area contributed by atoms with E-state index in [2.05, 4.69) is 19.2 Å². The van der Waals surface area contributed by atoms with E-state index in [1.54, 1.807) is 0 Å². The van der Waals surface area contributed by atoms with E-state index in [-0.39, 0.29) is 18.5 Å². The first kappa shape index (κ1) is 73.9. The Kier molecular flexibility index (Phi) is 64.4. The number of carbonyl (C=O) groups is 2. The Hall–Kier alpha value is -1.14. The number of aliphatic hydroxyl groups is 2. The van der Waals surface area contributed by atoms with Gasteiger partial charge in [-0.15, -0.1) is 0 Å².